The van der Waals surface area contributed by atoms with E-state index in [0.29, 0.717) is 4.83 Å². The Morgan fingerprint density at radius 2 is 2.07 bits per heavy atom. The number of hydrogen-bond acceptors (Lipinski definition) is 2. The van der Waals surface area contributed by atoms with Crippen LogP contribution < -0.4 is 9.47 Å². The molecule has 76 valence electrons. The Labute approximate surface area is 92.3 Å². The first kappa shape index (κ1) is 9.84. The van der Waals surface area contributed by atoms with Crippen LogP contribution in [0.5, 0.6) is 11.5 Å². The highest BCUT2D eigenvalue weighted by molar-refractivity contribution is 9.09. The van der Waals surface area contributed by atoms with Crippen LogP contribution in [0, 0.1) is 0 Å². The summed E-state index contributed by atoms with van der Waals surface area (Å²) in [5.41, 5.74) is 2.62. The summed E-state index contributed by atoms with van der Waals surface area (Å²) in [4.78, 5) is 0.470. The molecule has 2 nitrogen and oxygen atoms in total. The highest BCUT2D eigenvalue weighted by atomic mass is 79.9. The summed E-state index contributed by atoms with van der Waals surface area (Å²) in [6.45, 7) is 0. The van der Waals surface area contributed by atoms with Crippen LogP contribution in [0.2, 0.25) is 0 Å². The minimum atomic E-state index is 0.470. The number of alkyl halides is 1. The van der Waals surface area contributed by atoms with Gasteiger partial charge in [-0.3, -0.25) is 0 Å². The number of halogens is 1. The van der Waals surface area contributed by atoms with Gasteiger partial charge in [-0.1, -0.05) is 22.0 Å². The van der Waals surface area contributed by atoms with Gasteiger partial charge in [-0.2, -0.15) is 0 Å². The molecule has 0 fully saturated rings. The second kappa shape index (κ2) is 3.81. The van der Waals surface area contributed by atoms with Crippen molar-refractivity contribution in [2.24, 2.45) is 0 Å². The molecule has 1 aromatic carbocycles. The van der Waals surface area contributed by atoms with Crippen molar-refractivity contribution in [3.05, 3.63) is 23.3 Å². The van der Waals surface area contributed by atoms with Crippen LogP contribution in [0.4, 0.5) is 0 Å². The van der Waals surface area contributed by atoms with Crippen LogP contribution >= 0.6 is 15.9 Å². The van der Waals surface area contributed by atoms with Gasteiger partial charge in [0.05, 0.1) is 14.2 Å². The Morgan fingerprint density at radius 3 is 2.71 bits per heavy atom. The van der Waals surface area contributed by atoms with Crippen LogP contribution in [0.25, 0.3) is 0 Å². The molecule has 0 heterocycles. The van der Waals surface area contributed by atoms with Crippen LogP contribution in [-0.4, -0.2) is 14.2 Å². The molecule has 1 atom stereocenters. The number of ether oxygens (including phenoxy) is 2. The van der Waals surface area contributed by atoms with Crippen molar-refractivity contribution in [2.75, 3.05) is 14.2 Å². The molecule has 0 N–H and O–H groups in total. The van der Waals surface area contributed by atoms with Gasteiger partial charge in [-0.25, -0.2) is 0 Å². The van der Waals surface area contributed by atoms with E-state index < -0.39 is 0 Å². The standard InChI is InChI=1S/C11H13BrO2/c1-13-10-6-4-7-8(11(10)14-2)3-5-9(7)12/h4,6,9H,3,5H2,1-2H3. The molecule has 0 saturated carbocycles. The normalized spacial score (nSPS) is 19.2. The summed E-state index contributed by atoms with van der Waals surface area (Å²) >= 11 is 3.65. The van der Waals surface area contributed by atoms with E-state index >= 15 is 0 Å². The summed E-state index contributed by atoms with van der Waals surface area (Å²) in [5.74, 6) is 1.72. The van der Waals surface area contributed by atoms with Gasteiger partial charge in [0.15, 0.2) is 11.5 Å². The fourth-order valence-corrected chi connectivity index (χ4v) is 2.64. The smallest absolute Gasteiger partial charge is 0.164 e. The van der Waals surface area contributed by atoms with Crippen molar-refractivity contribution in [1.82, 2.24) is 0 Å². The first-order chi connectivity index (χ1) is 6.77. The lowest BCUT2D eigenvalue weighted by Crippen LogP contribution is -1.95. The van der Waals surface area contributed by atoms with Crippen LogP contribution in [0.15, 0.2) is 12.1 Å². The number of rotatable bonds is 2. The second-order valence-corrected chi connectivity index (χ2v) is 4.48. The monoisotopic (exact) mass is 256 g/mol. The summed E-state index contributed by atoms with van der Waals surface area (Å²) in [6, 6.07) is 4.08. The number of methoxy groups -OCH3 is 2. The van der Waals surface area contributed by atoms with Crippen molar-refractivity contribution < 1.29 is 9.47 Å². The lowest BCUT2D eigenvalue weighted by atomic mass is 10.1. The maximum atomic E-state index is 5.38. The zero-order valence-corrected chi connectivity index (χ0v) is 9.93. The van der Waals surface area contributed by atoms with Crippen molar-refractivity contribution >= 4 is 15.9 Å². The summed E-state index contributed by atoms with van der Waals surface area (Å²) < 4.78 is 10.6. The predicted molar refractivity (Wildman–Crippen MR) is 59.5 cm³/mol. The van der Waals surface area contributed by atoms with Gasteiger partial charge >= 0.3 is 0 Å². The molecule has 0 spiro atoms. The number of benzene rings is 1. The van der Waals surface area contributed by atoms with Gasteiger partial charge in [-0.05, 0) is 24.5 Å². The lowest BCUT2D eigenvalue weighted by Gasteiger charge is -2.12. The number of fused-ring (bicyclic) bond motifs is 1. The van der Waals surface area contributed by atoms with Crippen molar-refractivity contribution in [3.63, 3.8) is 0 Å². The Hall–Kier alpha value is -0.700. The fraction of sp³-hybridized carbons (Fsp3) is 0.455. The molecule has 1 aliphatic carbocycles. The van der Waals surface area contributed by atoms with Gasteiger partial charge in [-0.15, -0.1) is 0 Å². The molecule has 1 aliphatic rings. The first-order valence-corrected chi connectivity index (χ1v) is 5.57. The highest BCUT2D eigenvalue weighted by Crippen LogP contribution is 2.45. The molecule has 14 heavy (non-hydrogen) atoms. The molecular weight excluding hydrogens is 244 g/mol. The third-order valence-corrected chi connectivity index (χ3v) is 3.62. The SMILES string of the molecule is COc1ccc2c(c1OC)CCC2Br. The van der Waals surface area contributed by atoms with E-state index in [1.54, 1.807) is 14.2 Å². The quantitative estimate of drug-likeness (QED) is 0.758. The summed E-state index contributed by atoms with van der Waals surface area (Å²) in [5, 5.41) is 0. The zero-order chi connectivity index (χ0) is 10.1. The summed E-state index contributed by atoms with van der Waals surface area (Å²) in [6.07, 6.45) is 2.20. The van der Waals surface area contributed by atoms with E-state index in [1.807, 2.05) is 6.07 Å². The van der Waals surface area contributed by atoms with Crippen LogP contribution in [-0.2, 0) is 6.42 Å². The van der Waals surface area contributed by atoms with E-state index in [1.165, 1.54) is 11.1 Å². The maximum Gasteiger partial charge on any atom is 0.164 e. The van der Waals surface area contributed by atoms with Gasteiger partial charge in [0.1, 0.15) is 0 Å². The first-order valence-electron chi connectivity index (χ1n) is 4.65. The molecule has 2 rings (SSSR count). The molecular formula is C11H13BrO2. The molecule has 0 aliphatic heterocycles. The van der Waals surface area contributed by atoms with E-state index in [9.17, 15) is 0 Å². The van der Waals surface area contributed by atoms with Crippen LogP contribution in [0.1, 0.15) is 22.4 Å². The topological polar surface area (TPSA) is 18.5 Å². The Kier molecular flexibility index (Phi) is 2.68. The average molecular weight is 257 g/mol. The van der Waals surface area contributed by atoms with E-state index in [0.717, 1.165) is 24.3 Å². The summed E-state index contributed by atoms with van der Waals surface area (Å²) in [7, 11) is 3.37. The molecule has 0 bridgehead atoms. The van der Waals surface area contributed by atoms with E-state index in [-0.39, 0.29) is 0 Å². The Balaban J connectivity index is 2.54. The van der Waals surface area contributed by atoms with Crippen molar-refractivity contribution in [3.8, 4) is 11.5 Å². The van der Waals surface area contributed by atoms with Gasteiger partial charge < -0.3 is 9.47 Å². The van der Waals surface area contributed by atoms with E-state index in [2.05, 4.69) is 22.0 Å². The molecule has 3 heteroatoms. The maximum absolute atomic E-state index is 5.38. The molecule has 1 unspecified atom stereocenters. The van der Waals surface area contributed by atoms with Gasteiger partial charge in [0.2, 0.25) is 0 Å². The highest BCUT2D eigenvalue weighted by Gasteiger charge is 2.25. The predicted octanol–water partition coefficient (Wildman–Crippen LogP) is 3.09. The Bertz CT molecular complexity index is 349. The third-order valence-electron chi connectivity index (χ3n) is 2.67. The zero-order valence-electron chi connectivity index (χ0n) is 8.34. The minimum Gasteiger partial charge on any atom is -0.493 e. The third kappa shape index (κ3) is 1.40. The second-order valence-electron chi connectivity index (χ2n) is 3.38. The average Bonchev–Trinajstić information content (AvgIpc) is 2.59. The van der Waals surface area contributed by atoms with Crippen LogP contribution in [0.3, 0.4) is 0 Å². The molecule has 0 amide bonds. The minimum absolute atomic E-state index is 0.470. The molecule has 0 saturated heterocycles. The molecule has 0 radical (unpaired) electrons. The fourth-order valence-electron chi connectivity index (χ4n) is 1.98. The largest absolute Gasteiger partial charge is 0.493 e. The molecule has 0 aromatic heterocycles. The molecule has 1 aromatic rings. The number of hydrogen-bond donors (Lipinski definition) is 0. The van der Waals surface area contributed by atoms with Gasteiger partial charge in [0.25, 0.3) is 0 Å². The van der Waals surface area contributed by atoms with Crippen molar-refractivity contribution in [1.29, 1.82) is 0 Å². The van der Waals surface area contributed by atoms with E-state index in [4.69, 9.17) is 9.47 Å². The van der Waals surface area contributed by atoms with Gasteiger partial charge in [0, 0.05) is 10.4 Å². The lowest BCUT2D eigenvalue weighted by molar-refractivity contribution is 0.352. The van der Waals surface area contributed by atoms with Crippen molar-refractivity contribution in [2.45, 2.75) is 17.7 Å². The Morgan fingerprint density at radius 1 is 1.29 bits per heavy atom.